The van der Waals surface area contributed by atoms with Crippen LogP contribution in [0.1, 0.15) is 69.0 Å². The van der Waals surface area contributed by atoms with Crippen LogP contribution in [0.25, 0.3) is 6.08 Å². The van der Waals surface area contributed by atoms with Gasteiger partial charge >= 0.3 is 5.97 Å². The third kappa shape index (κ3) is 10.1. The van der Waals surface area contributed by atoms with Crippen molar-refractivity contribution >= 4 is 63.6 Å². The molecule has 11 heteroatoms. The average Bonchev–Trinajstić information content (AvgIpc) is 3.56. The molecule has 1 unspecified atom stereocenters. The van der Waals surface area contributed by atoms with Gasteiger partial charge in [0.05, 0.1) is 17.4 Å². The summed E-state index contributed by atoms with van der Waals surface area (Å²) in [5.74, 6) is -0.939. The minimum atomic E-state index is -0.523. The Labute approximate surface area is 323 Å². The highest BCUT2D eigenvalue weighted by atomic mass is 32.2. The molecule has 54 heavy (non-hydrogen) atoms. The van der Waals surface area contributed by atoms with Crippen LogP contribution in [0.4, 0.5) is 10.7 Å². The molecule has 1 aliphatic carbocycles. The fourth-order valence-corrected chi connectivity index (χ4v) is 8.11. The minimum Gasteiger partial charge on any atom is -0.489 e. The lowest BCUT2D eigenvalue weighted by atomic mass is 9.95. The van der Waals surface area contributed by atoms with Crippen molar-refractivity contribution < 1.29 is 28.7 Å². The molecule has 1 heterocycles. The zero-order chi connectivity index (χ0) is 37.9. The van der Waals surface area contributed by atoms with E-state index in [1.54, 1.807) is 62.4 Å². The lowest BCUT2D eigenvalue weighted by Gasteiger charge is -2.15. The number of fused-ring (bicyclic) bond motifs is 1. The first-order valence-corrected chi connectivity index (χ1v) is 19.5. The highest BCUT2D eigenvalue weighted by Crippen LogP contribution is 2.39. The fourth-order valence-electron chi connectivity index (χ4n) is 5.90. The van der Waals surface area contributed by atoms with Crippen molar-refractivity contribution in [2.75, 3.05) is 17.2 Å². The molecule has 0 aliphatic heterocycles. The molecule has 1 aromatic heterocycles. The Morgan fingerprint density at radius 2 is 1.57 bits per heavy atom. The molecule has 4 aromatic carbocycles. The number of nitrogens with one attached hydrogen (secondary N) is 3. The Hall–Kier alpha value is -5.65. The number of thiophene rings is 1. The number of esters is 1. The first-order valence-electron chi connectivity index (χ1n) is 17.8. The summed E-state index contributed by atoms with van der Waals surface area (Å²) in [5, 5.41) is 8.68. The van der Waals surface area contributed by atoms with Crippen LogP contribution < -0.4 is 20.7 Å². The summed E-state index contributed by atoms with van der Waals surface area (Å²) in [6.45, 7) is 4.24. The zero-order valence-electron chi connectivity index (χ0n) is 30.1. The number of carbonyl (C=O) groups excluding carboxylic acids is 4. The van der Waals surface area contributed by atoms with E-state index >= 15 is 0 Å². The van der Waals surface area contributed by atoms with Crippen LogP contribution in [0.5, 0.6) is 5.75 Å². The van der Waals surface area contributed by atoms with Gasteiger partial charge in [-0.25, -0.2) is 4.79 Å². The number of ether oxygens (including phenoxy) is 2. The molecule has 0 bridgehead atoms. The number of hydrogen-bond acceptors (Lipinski definition) is 8. The van der Waals surface area contributed by atoms with Crippen LogP contribution in [0, 0.1) is 0 Å². The first kappa shape index (κ1) is 38.1. The largest absolute Gasteiger partial charge is 0.489 e. The van der Waals surface area contributed by atoms with Gasteiger partial charge in [0.25, 0.3) is 11.8 Å². The first-order chi connectivity index (χ1) is 26.3. The van der Waals surface area contributed by atoms with E-state index in [4.69, 9.17) is 9.47 Å². The third-order valence-corrected chi connectivity index (χ3v) is 10.9. The summed E-state index contributed by atoms with van der Waals surface area (Å²) in [4.78, 5) is 55.1. The number of amides is 3. The molecule has 6 rings (SSSR count). The predicted molar refractivity (Wildman–Crippen MR) is 215 cm³/mol. The average molecular weight is 760 g/mol. The van der Waals surface area contributed by atoms with E-state index in [-0.39, 0.29) is 18.2 Å². The maximum Gasteiger partial charge on any atom is 0.341 e. The summed E-state index contributed by atoms with van der Waals surface area (Å²) in [6, 6.07) is 32.9. The van der Waals surface area contributed by atoms with Gasteiger partial charge < -0.3 is 25.4 Å². The minimum absolute atomic E-state index is 0.0451. The molecule has 0 radical (unpaired) electrons. The van der Waals surface area contributed by atoms with Crippen LogP contribution in [-0.4, -0.2) is 35.5 Å². The standard InChI is InChI=1S/C43H41N3O6S2/c1-3-51-43(50)38-35-19-10-11-20-37(35)54-42(38)46-39(47)28(2)53-34-18-12-17-32(26-34)44-41(49)36(45-40(48)31-15-8-5-9-16-31)25-29-21-23-33(24-22-29)52-27-30-13-6-4-7-14-30/h4-9,12-18,21-26,28H,3,10-11,19-20,27H2,1-2H3,(H,44,49)(H,45,48)(H,46,47)/b36-25+. The fraction of sp³-hybridized carbons (Fsp3) is 0.209. The second-order valence-electron chi connectivity index (χ2n) is 12.6. The van der Waals surface area contributed by atoms with E-state index in [9.17, 15) is 19.2 Å². The van der Waals surface area contributed by atoms with Crippen molar-refractivity contribution in [3.8, 4) is 5.75 Å². The Bertz CT molecular complexity index is 2130. The lowest BCUT2D eigenvalue weighted by Crippen LogP contribution is -2.30. The van der Waals surface area contributed by atoms with Crippen LogP contribution in [0.3, 0.4) is 0 Å². The normalized spacial score (nSPS) is 12.9. The maximum atomic E-state index is 13.7. The van der Waals surface area contributed by atoms with Gasteiger partial charge in [-0.05, 0) is 105 Å². The molecule has 0 fully saturated rings. The van der Waals surface area contributed by atoms with Gasteiger partial charge in [0.1, 0.15) is 23.1 Å². The highest BCUT2D eigenvalue weighted by Gasteiger charge is 2.28. The Balaban J connectivity index is 1.14. The van der Waals surface area contributed by atoms with Crippen LogP contribution >= 0.6 is 23.1 Å². The molecule has 276 valence electrons. The van der Waals surface area contributed by atoms with Crippen molar-refractivity contribution in [1.82, 2.24) is 5.32 Å². The van der Waals surface area contributed by atoms with E-state index in [1.165, 1.54) is 23.1 Å². The van der Waals surface area contributed by atoms with Gasteiger partial charge in [-0.1, -0.05) is 66.7 Å². The highest BCUT2D eigenvalue weighted by molar-refractivity contribution is 8.00. The molecule has 0 saturated heterocycles. The third-order valence-electron chi connectivity index (χ3n) is 8.63. The molecule has 5 aromatic rings. The summed E-state index contributed by atoms with van der Waals surface area (Å²) in [6.07, 6.45) is 5.33. The molecule has 0 saturated carbocycles. The number of carbonyl (C=O) groups is 4. The molecule has 3 amide bonds. The van der Waals surface area contributed by atoms with E-state index in [0.717, 1.165) is 46.6 Å². The van der Waals surface area contributed by atoms with E-state index in [0.29, 0.717) is 39.7 Å². The number of anilines is 2. The molecule has 1 atom stereocenters. The Morgan fingerprint density at radius 1 is 0.852 bits per heavy atom. The molecule has 9 nitrogen and oxygen atoms in total. The summed E-state index contributed by atoms with van der Waals surface area (Å²) in [7, 11) is 0. The van der Waals surface area contributed by atoms with Crippen molar-refractivity contribution in [1.29, 1.82) is 0 Å². The van der Waals surface area contributed by atoms with E-state index in [2.05, 4.69) is 16.0 Å². The van der Waals surface area contributed by atoms with Crippen molar-refractivity contribution in [3.63, 3.8) is 0 Å². The monoisotopic (exact) mass is 759 g/mol. The maximum absolute atomic E-state index is 13.7. The SMILES string of the molecule is CCOC(=O)c1c(NC(=O)C(C)Sc2cccc(NC(=O)/C(=C\c3ccc(OCc4ccccc4)cc3)NC(=O)c3ccccc3)c2)sc2c1CCCC2. The Morgan fingerprint density at radius 3 is 2.31 bits per heavy atom. The van der Waals surface area contributed by atoms with Crippen molar-refractivity contribution in [2.45, 2.75) is 56.3 Å². The number of benzene rings is 4. The number of rotatable bonds is 14. The predicted octanol–water partition coefficient (Wildman–Crippen LogP) is 8.91. The molecular weight excluding hydrogens is 719 g/mol. The zero-order valence-corrected chi connectivity index (χ0v) is 31.7. The van der Waals surface area contributed by atoms with Crippen molar-refractivity contribution in [3.05, 3.63) is 148 Å². The van der Waals surface area contributed by atoms with Gasteiger partial charge in [-0.15, -0.1) is 23.1 Å². The number of aryl methyl sites for hydroxylation is 1. The quantitative estimate of drug-likeness (QED) is 0.0587. The number of thioether (sulfide) groups is 1. The van der Waals surface area contributed by atoms with Gasteiger partial charge in [-0.3, -0.25) is 14.4 Å². The van der Waals surface area contributed by atoms with E-state index < -0.39 is 23.0 Å². The van der Waals surface area contributed by atoms with Gasteiger partial charge in [-0.2, -0.15) is 0 Å². The molecular formula is C43H41N3O6S2. The second-order valence-corrected chi connectivity index (χ2v) is 15.1. The topological polar surface area (TPSA) is 123 Å². The van der Waals surface area contributed by atoms with Gasteiger partial charge in [0, 0.05) is 21.0 Å². The summed E-state index contributed by atoms with van der Waals surface area (Å²) in [5.41, 5.74) is 4.13. The summed E-state index contributed by atoms with van der Waals surface area (Å²) >= 11 is 2.78. The van der Waals surface area contributed by atoms with Gasteiger partial charge in [0.2, 0.25) is 5.91 Å². The lowest BCUT2D eigenvalue weighted by molar-refractivity contribution is -0.115. The second kappa shape index (κ2) is 18.4. The summed E-state index contributed by atoms with van der Waals surface area (Å²) < 4.78 is 11.3. The van der Waals surface area contributed by atoms with E-state index in [1.807, 2.05) is 66.7 Å². The number of hydrogen-bond donors (Lipinski definition) is 3. The van der Waals surface area contributed by atoms with Crippen molar-refractivity contribution in [2.24, 2.45) is 0 Å². The molecule has 3 N–H and O–H groups in total. The molecule has 1 aliphatic rings. The van der Waals surface area contributed by atoms with Crippen LogP contribution in [0.2, 0.25) is 0 Å². The smallest absolute Gasteiger partial charge is 0.341 e. The van der Waals surface area contributed by atoms with Crippen LogP contribution in [-0.2, 0) is 33.8 Å². The Kier molecular flexibility index (Phi) is 13.0. The van der Waals surface area contributed by atoms with Gasteiger partial charge in [0.15, 0.2) is 0 Å². The van der Waals surface area contributed by atoms with Crippen LogP contribution in [0.15, 0.2) is 120 Å². The molecule has 0 spiro atoms.